The Morgan fingerprint density at radius 1 is 1.28 bits per heavy atom. The number of carbonyl (C=O) groups is 1. The molecule has 3 N–H and O–H groups in total. The van der Waals surface area contributed by atoms with E-state index in [2.05, 4.69) is 51.7 Å². The zero-order valence-electron chi connectivity index (χ0n) is 14.4. The van der Waals surface area contributed by atoms with Gasteiger partial charge in [0.1, 0.15) is 17.8 Å². The van der Waals surface area contributed by atoms with Gasteiger partial charge >= 0.3 is 0 Å². The number of carbonyl (C=O) groups excluding carboxylic acids is 1. The molecule has 0 radical (unpaired) electrons. The first kappa shape index (κ1) is 17.7. The van der Waals surface area contributed by atoms with Crippen LogP contribution in [0.1, 0.15) is 24.2 Å². The number of halogens is 1. The second kappa shape index (κ2) is 6.99. The Morgan fingerprint density at radius 3 is 2.60 bits per heavy atom. The van der Waals surface area contributed by atoms with Gasteiger partial charge in [-0.3, -0.25) is 4.79 Å². The number of hydrogen-bond acceptors (Lipinski definition) is 4. The van der Waals surface area contributed by atoms with Gasteiger partial charge < -0.3 is 15.6 Å². The first-order valence-corrected chi connectivity index (χ1v) is 9.11. The van der Waals surface area contributed by atoms with Crippen LogP contribution in [-0.2, 0) is 7.05 Å². The fourth-order valence-corrected chi connectivity index (χ4v) is 3.51. The number of fused-ring (bicyclic) bond motifs is 1. The van der Waals surface area contributed by atoms with Crippen LogP contribution >= 0.6 is 22.6 Å². The van der Waals surface area contributed by atoms with Crippen LogP contribution in [0.15, 0.2) is 30.6 Å². The Hall–Kier alpha value is -2.16. The Balaban J connectivity index is 2.00. The molecule has 2 heterocycles. The predicted octanol–water partition coefficient (Wildman–Crippen LogP) is 3.21. The van der Waals surface area contributed by atoms with Gasteiger partial charge in [-0.05, 0) is 46.2 Å². The highest BCUT2D eigenvalue weighted by Crippen LogP contribution is 2.36. The molecule has 2 aromatic heterocycles. The molecule has 0 unspecified atom stereocenters. The summed E-state index contributed by atoms with van der Waals surface area (Å²) in [5.41, 5.74) is 9.50. The highest BCUT2D eigenvalue weighted by atomic mass is 127. The number of anilines is 1. The topological polar surface area (TPSA) is 85.8 Å². The van der Waals surface area contributed by atoms with Gasteiger partial charge in [0.05, 0.1) is 9.09 Å². The van der Waals surface area contributed by atoms with Crippen LogP contribution < -0.4 is 11.1 Å². The van der Waals surface area contributed by atoms with Crippen molar-refractivity contribution < 1.29 is 4.79 Å². The maximum Gasteiger partial charge on any atom is 0.251 e. The molecule has 130 valence electrons. The number of aromatic nitrogens is 3. The summed E-state index contributed by atoms with van der Waals surface area (Å²) >= 11 is 2.28. The Morgan fingerprint density at radius 2 is 1.96 bits per heavy atom. The standard InChI is InChI=1S/C18H20IN5O/c1-10(2)8-21-18(25)12-6-4-11(5-7-12)13-14-16(20)22-9-23-17(14)24(3)15(13)19/h4-7,9-10H,8H2,1-3H3,(H,21,25)(H2,20,22,23). The summed E-state index contributed by atoms with van der Waals surface area (Å²) in [6.45, 7) is 4.80. The van der Waals surface area contributed by atoms with Crippen molar-refractivity contribution in [2.24, 2.45) is 13.0 Å². The number of rotatable bonds is 4. The second-order valence-corrected chi connectivity index (χ2v) is 7.39. The molecule has 1 aromatic carbocycles. The first-order chi connectivity index (χ1) is 11.9. The summed E-state index contributed by atoms with van der Waals surface area (Å²) < 4.78 is 3.02. The SMILES string of the molecule is CC(C)CNC(=O)c1ccc(-c2c(I)n(C)c3ncnc(N)c23)cc1. The molecule has 0 aliphatic heterocycles. The zero-order chi connectivity index (χ0) is 18.1. The summed E-state index contributed by atoms with van der Waals surface area (Å²) in [5, 5.41) is 3.77. The minimum atomic E-state index is -0.0595. The smallest absolute Gasteiger partial charge is 0.251 e. The van der Waals surface area contributed by atoms with Crippen molar-refractivity contribution in [3.63, 3.8) is 0 Å². The van der Waals surface area contributed by atoms with Gasteiger partial charge in [0, 0.05) is 24.7 Å². The van der Waals surface area contributed by atoms with Gasteiger partial charge in [0.25, 0.3) is 5.91 Å². The second-order valence-electron chi connectivity index (χ2n) is 6.36. The van der Waals surface area contributed by atoms with Gasteiger partial charge in [0.15, 0.2) is 0 Å². The van der Waals surface area contributed by atoms with Crippen molar-refractivity contribution in [3.05, 3.63) is 39.9 Å². The maximum absolute atomic E-state index is 12.2. The van der Waals surface area contributed by atoms with E-state index in [0.29, 0.717) is 23.8 Å². The third kappa shape index (κ3) is 3.33. The van der Waals surface area contributed by atoms with Crippen LogP contribution in [0.25, 0.3) is 22.2 Å². The fraction of sp³-hybridized carbons (Fsp3) is 0.278. The molecule has 0 saturated carbocycles. The molecule has 0 atom stereocenters. The Kier molecular flexibility index (Phi) is 4.94. The Labute approximate surface area is 160 Å². The van der Waals surface area contributed by atoms with Crippen LogP contribution in [0.4, 0.5) is 5.82 Å². The molecule has 0 spiro atoms. The van der Waals surface area contributed by atoms with E-state index >= 15 is 0 Å². The first-order valence-electron chi connectivity index (χ1n) is 8.03. The Bertz CT molecular complexity index is 931. The predicted molar refractivity (Wildman–Crippen MR) is 108 cm³/mol. The highest BCUT2D eigenvalue weighted by Gasteiger charge is 2.19. The molecule has 0 bridgehead atoms. The number of nitrogens with one attached hydrogen (secondary N) is 1. The zero-order valence-corrected chi connectivity index (χ0v) is 16.5. The number of aryl methyl sites for hydroxylation is 1. The van der Waals surface area contributed by atoms with Gasteiger partial charge in [0.2, 0.25) is 0 Å². The summed E-state index contributed by atoms with van der Waals surface area (Å²) in [4.78, 5) is 20.6. The van der Waals surface area contributed by atoms with Gasteiger partial charge in [-0.2, -0.15) is 0 Å². The van der Waals surface area contributed by atoms with E-state index in [1.165, 1.54) is 6.33 Å². The highest BCUT2D eigenvalue weighted by molar-refractivity contribution is 14.1. The molecule has 0 aliphatic rings. The molecule has 1 amide bonds. The van der Waals surface area contributed by atoms with Crippen molar-refractivity contribution in [1.29, 1.82) is 0 Å². The van der Waals surface area contributed by atoms with Crippen molar-refractivity contribution >= 4 is 45.3 Å². The quantitative estimate of drug-likeness (QED) is 0.600. The van der Waals surface area contributed by atoms with Crippen LogP contribution in [0, 0.1) is 9.62 Å². The molecule has 3 aromatic rings. The van der Waals surface area contributed by atoms with Crippen molar-refractivity contribution in [3.8, 4) is 11.1 Å². The molecular weight excluding hydrogens is 429 g/mol. The third-order valence-electron chi connectivity index (χ3n) is 4.03. The molecule has 0 fully saturated rings. The normalized spacial score (nSPS) is 11.2. The van der Waals surface area contributed by atoms with Gasteiger partial charge in [-0.25, -0.2) is 9.97 Å². The van der Waals surface area contributed by atoms with E-state index in [-0.39, 0.29) is 5.91 Å². The van der Waals surface area contributed by atoms with Crippen LogP contribution in [0.2, 0.25) is 0 Å². The number of nitrogen functional groups attached to an aromatic ring is 1. The summed E-state index contributed by atoms with van der Waals surface area (Å²) in [6, 6.07) is 7.54. The fourth-order valence-electron chi connectivity index (χ4n) is 2.70. The lowest BCUT2D eigenvalue weighted by atomic mass is 10.0. The monoisotopic (exact) mass is 449 g/mol. The minimum absolute atomic E-state index is 0.0595. The number of benzene rings is 1. The van der Waals surface area contributed by atoms with E-state index in [0.717, 1.165) is 25.9 Å². The van der Waals surface area contributed by atoms with Crippen LogP contribution in [0.3, 0.4) is 0 Å². The molecule has 7 heteroatoms. The number of nitrogens with two attached hydrogens (primary N) is 1. The molecule has 6 nitrogen and oxygen atoms in total. The lowest BCUT2D eigenvalue weighted by Crippen LogP contribution is -2.27. The van der Waals surface area contributed by atoms with Gasteiger partial charge in [-0.15, -0.1) is 0 Å². The minimum Gasteiger partial charge on any atom is -0.383 e. The molecular formula is C18H20IN5O. The maximum atomic E-state index is 12.2. The van der Waals surface area contributed by atoms with E-state index < -0.39 is 0 Å². The van der Waals surface area contributed by atoms with Gasteiger partial charge in [-0.1, -0.05) is 26.0 Å². The average Bonchev–Trinajstić information content (AvgIpc) is 2.86. The molecule has 3 rings (SSSR count). The molecule has 25 heavy (non-hydrogen) atoms. The van der Waals surface area contributed by atoms with Crippen molar-refractivity contribution in [2.75, 3.05) is 12.3 Å². The molecule has 0 saturated heterocycles. The number of amides is 1. The van der Waals surface area contributed by atoms with E-state index in [1.54, 1.807) is 0 Å². The summed E-state index contributed by atoms with van der Waals surface area (Å²) in [6.07, 6.45) is 1.47. The average molecular weight is 449 g/mol. The van der Waals surface area contributed by atoms with Crippen LogP contribution in [0.5, 0.6) is 0 Å². The third-order valence-corrected chi connectivity index (χ3v) is 5.29. The van der Waals surface area contributed by atoms with E-state index in [4.69, 9.17) is 5.73 Å². The largest absolute Gasteiger partial charge is 0.383 e. The lowest BCUT2D eigenvalue weighted by molar-refractivity contribution is 0.0949. The van der Waals surface area contributed by atoms with Crippen molar-refractivity contribution in [2.45, 2.75) is 13.8 Å². The van der Waals surface area contributed by atoms with Crippen molar-refractivity contribution in [1.82, 2.24) is 19.9 Å². The van der Waals surface area contributed by atoms with E-state index in [9.17, 15) is 4.79 Å². The van der Waals surface area contributed by atoms with E-state index in [1.807, 2.05) is 35.9 Å². The summed E-state index contributed by atoms with van der Waals surface area (Å²) in [7, 11) is 1.95. The number of hydrogen-bond donors (Lipinski definition) is 2. The lowest BCUT2D eigenvalue weighted by Gasteiger charge is -2.08. The number of nitrogens with zero attached hydrogens (tertiary/aromatic N) is 3. The molecule has 0 aliphatic carbocycles. The summed E-state index contributed by atoms with van der Waals surface area (Å²) in [5.74, 6) is 0.816. The van der Waals surface area contributed by atoms with Crippen LogP contribution in [-0.4, -0.2) is 27.0 Å².